The number of carbonyl (C=O) groups is 1. The van der Waals surface area contributed by atoms with Crippen molar-refractivity contribution in [2.75, 3.05) is 6.61 Å². The van der Waals surface area contributed by atoms with Crippen LogP contribution in [0.3, 0.4) is 0 Å². The fourth-order valence-corrected chi connectivity index (χ4v) is 1.88. The zero-order valence-corrected chi connectivity index (χ0v) is 10.7. The Bertz CT molecular complexity index is 375. The number of primary amides is 1. The average Bonchev–Trinajstić information content (AvgIpc) is 3.03. The van der Waals surface area contributed by atoms with Gasteiger partial charge in [-0.05, 0) is 40.3 Å². The summed E-state index contributed by atoms with van der Waals surface area (Å²) in [6.07, 6.45) is -0.361. The third kappa shape index (κ3) is 3.34. The quantitative estimate of drug-likeness (QED) is 0.674. The Labute approximate surface area is 107 Å². The van der Waals surface area contributed by atoms with Gasteiger partial charge >= 0.3 is 6.09 Å². The van der Waals surface area contributed by atoms with Crippen LogP contribution in [0.5, 0.6) is 0 Å². The number of halogens is 1. The summed E-state index contributed by atoms with van der Waals surface area (Å²) in [5.74, 6) is 0. The molecule has 16 heavy (non-hydrogen) atoms. The monoisotopic (exact) mass is 333 g/mol. The molecule has 2 N–H and O–H groups in total. The van der Waals surface area contributed by atoms with Gasteiger partial charge in [-0.1, -0.05) is 12.1 Å². The first-order valence-electron chi connectivity index (χ1n) is 4.97. The molecule has 1 aliphatic rings. The lowest BCUT2D eigenvalue weighted by Gasteiger charge is -2.14. The number of carbonyl (C=O) groups excluding carboxylic acids is 1. The molecule has 1 amide bonds. The third-order valence-corrected chi connectivity index (χ3v) is 3.11. The van der Waals surface area contributed by atoms with Crippen molar-refractivity contribution in [1.29, 1.82) is 0 Å². The Morgan fingerprint density at radius 1 is 1.56 bits per heavy atom. The Kier molecular flexibility index (Phi) is 3.65. The van der Waals surface area contributed by atoms with E-state index in [1.165, 1.54) is 3.57 Å². The zero-order chi connectivity index (χ0) is 11.5. The zero-order valence-electron chi connectivity index (χ0n) is 8.56. The van der Waals surface area contributed by atoms with Crippen LogP contribution in [0.15, 0.2) is 24.3 Å². The van der Waals surface area contributed by atoms with Gasteiger partial charge in [0.05, 0.1) is 6.61 Å². The van der Waals surface area contributed by atoms with Crippen LogP contribution < -0.4 is 5.73 Å². The first kappa shape index (κ1) is 11.7. The minimum Gasteiger partial charge on any atom is -0.443 e. The Morgan fingerprint density at radius 2 is 2.19 bits per heavy atom. The van der Waals surface area contributed by atoms with E-state index in [-0.39, 0.29) is 12.2 Å². The van der Waals surface area contributed by atoms with Crippen molar-refractivity contribution in [2.24, 2.45) is 5.73 Å². The van der Waals surface area contributed by atoms with Crippen molar-refractivity contribution < 1.29 is 14.3 Å². The SMILES string of the molecule is NC(=O)O[C@@H](Cc1ccc(I)cc1)[C@H]1CO1. The molecule has 0 radical (unpaired) electrons. The maximum Gasteiger partial charge on any atom is 0.404 e. The van der Waals surface area contributed by atoms with Gasteiger partial charge in [0.15, 0.2) is 0 Å². The minimum atomic E-state index is -0.744. The molecule has 1 heterocycles. The predicted molar refractivity (Wildman–Crippen MR) is 67.1 cm³/mol. The molecule has 0 saturated carbocycles. The summed E-state index contributed by atoms with van der Waals surface area (Å²) in [5.41, 5.74) is 6.13. The molecular weight excluding hydrogens is 321 g/mol. The van der Waals surface area contributed by atoms with Crippen molar-refractivity contribution in [3.8, 4) is 0 Å². The number of epoxide rings is 1. The van der Waals surface area contributed by atoms with Crippen molar-refractivity contribution in [2.45, 2.75) is 18.6 Å². The van der Waals surface area contributed by atoms with E-state index in [9.17, 15) is 4.79 Å². The molecule has 1 aromatic carbocycles. The first-order chi connectivity index (χ1) is 7.65. The second-order valence-corrected chi connectivity index (χ2v) is 4.92. The molecule has 0 spiro atoms. The van der Waals surface area contributed by atoms with E-state index < -0.39 is 6.09 Å². The van der Waals surface area contributed by atoms with Gasteiger partial charge in [-0.15, -0.1) is 0 Å². The van der Waals surface area contributed by atoms with Gasteiger partial charge in [0.2, 0.25) is 0 Å². The number of hydrogen-bond acceptors (Lipinski definition) is 3. The van der Waals surface area contributed by atoms with Gasteiger partial charge in [0.1, 0.15) is 12.2 Å². The molecule has 2 atom stereocenters. The molecule has 0 bridgehead atoms. The minimum absolute atomic E-state index is 0.00628. The van der Waals surface area contributed by atoms with Crippen LogP contribution in [-0.2, 0) is 15.9 Å². The van der Waals surface area contributed by atoms with Crippen molar-refractivity contribution in [1.82, 2.24) is 0 Å². The van der Waals surface area contributed by atoms with Crippen molar-refractivity contribution >= 4 is 28.7 Å². The molecule has 86 valence electrons. The highest BCUT2D eigenvalue weighted by atomic mass is 127. The smallest absolute Gasteiger partial charge is 0.404 e. The molecule has 1 fully saturated rings. The van der Waals surface area contributed by atoms with E-state index in [2.05, 4.69) is 22.6 Å². The number of rotatable bonds is 4. The molecule has 0 aromatic heterocycles. The first-order valence-corrected chi connectivity index (χ1v) is 6.05. The van der Waals surface area contributed by atoms with Gasteiger partial charge in [0.25, 0.3) is 0 Å². The van der Waals surface area contributed by atoms with Gasteiger partial charge in [-0.25, -0.2) is 4.79 Å². The van der Waals surface area contributed by atoms with Crippen molar-refractivity contribution in [3.05, 3.63) is 33.4 Å². The highest BCUT2D eigenvalue weighted by Gasteiger charge is 2.35. The fourth-order valence-electron chi connectivity index (χ4n) is 1.52. The van der Waals surface area contributed by atoms with E-state index in [1.54, 1.807) is 0 Å². The summed E-state index contributed by atoms with van der Waals surface area (Å²) in [7, 11) is 0. The molecular formula is C11H12INO3. The second-order valence-electron chi connectivity index (χ2n) is 3.68. The lowest BCUT2D eigenvalue weighted by Crippen LogP contribution is -2.29. The van der Waals surface area contributed by atoms with Gasteiger partial charge in [-0.2, -0.15) is 0 Å². The highest BCUT2D eigenvalue weighted by Crippen LogP contribution is 2.21. The number of nitrogens with two attached hydrogens (primary N) is 1. The Hall–Kier alpha value is -0.820. The maximum absolute atomic E-state index is 10.7. The molecule has 1 aromatic rings. The van der Waals surface area contributed by atoms with Crippen LogP contribution in [0.2, 0.25) is 0 Å². The summed E-state index contributed by atoms with van der Waals surface area (Å²) >= 11 is 2.25. The topological polar surface area (TPSA) is 64.9 Å². The summed E-state index contributed by atoms with van der Waals surface area (Å²) in [4.78, 5) is 10.7. The van der Waals surface area contributed by atoms with Gasteiger partial charge in [0, 0.05) is 9.99 Å². The van der Waals surface area contributed by atoms with Crippen LogP contribution in [0.4, 0.5) is 4.79 Å². The van der Waals surface area contributed by atoms with E-state index in [0.29, 0.717) is 13.0 Å². The predicted octanol–water partition coefficient (Wildman–Crippen LogP) is 1.70. The van der Waals surface area contributed by atoms with E-state index in [1.807, 2.05) is 24.3 Å². The summed E-state index contributed by atoms with van der Waals surface area (Å²) in [5, 5.41) is 0. The summed E-state index contributed by atoms with van der Waals surface area (Å²) in [6.45, 7) is 0.641. The average molecular weight is 333 g/mol. The summed E-state index contributed by atoms with van der Waals surface area (Å²) in [6, 6.07) is 8.07. The van der Waals surface area contributed by atoms with E-state index in [4.69, 9.17) is 15.2 Å². The fraction of sp³-hybridized carbons (Fsp3) is 0.364. The van der Waals surface area contributed by atoms with Crippen LogP contribution >= 0.6 is 22.6 Å². The van der Waals surface area contributed by atoms with Crippen LogP contribution in [0.1, 0.15) is 5.56 Å². The maximum atomic E-state index is 10.7. The van der Waals surface area contributed by atoms with Crippen LogP contribution in [-0.4, -0.2) is 24.9 Å². The second kappa shape index (κ2) is 5.01. The van der Waals surface area contributed by atoms with Crippen LogP contribution in [0, 0.1) is 3.57 Å². The lowest BCUT2D eigenvalue weighted by atomic mass is 10.1. The largest absolute Gasteiger partial charge is 0.443 e. The van der Waals surface area contributed by atoms with Gasteiger partial charge < -0.3 is 15.2 Å². The lowest BCUT2D eigenvalue weighted by molar-refractivity contribution is 0.0868. The number of hydrogen-bond donors (Lipinski definition) is 1. The number of ether oxygens (including phenoxy) is 2. The highest BCUT2D eigenvalue weighted by molar-refractivity contribution is 14.1. The Morgan fingerprint density at radius 3 is 2.69 bits per heavy atom. The molecule has 2 rings (SSSR count). The molecule has 0 unspecified atom stereocenters. The molecule has 5 heteroatoms. The molecule has 1 aliphatic heterocycles. The third-order valence-electron chi connectivity index (χ3n) is 2.39. The Balaban J connectivity index is 1.99. The molecule has 1 saturated heterocycles. The van der Waals surface area contributed by atoms with E-state index in [0.717, 1.165) is 5.56 Å². The van der Waals surface area contributed by atoms with E-state index >= 15 is 0 Å². The standard InChI is InChI=1S/C11H12INO3/c12-8-3-1-7(2-4-8)5-9(10-6-15-10)16-11(13)14/h1-4,9-10H,5-6H2,(H2,13,14)/t9-,10+/m0/s1. The molecule has 4 nitrogen and oxygen atoms in total. The van der Waals surface area contributed by atoms with Crippen molar-refractivity contribution in [3.63, 3.8) is 0 Å². The number of amides is 1. The van der Waals surface area contributed by atoms with Gasteiger partial charge in [-0.3, -0.25) is 0 Å². The normalized spacial score (nSPS) is 20.2. The molecule has 0 aliphatic carbocycles. The van der Waals surface area contributed by atoms with Crippen LogP contribution in [0.25, 0.3) is 0 Å². The number of benzene rings is 1. The summed E-state index contributed by atoms with van der Waals surface area (Å²) < 4.78 is 11.3.